The molecule has 0 spiro atoms. The van der Waals surface area contributed by atoms with Gasteiger partial charge in [0, 0.05) is 13.0 Å². The van der Waals surface area contributed by atoms with Crippen molar-refractivity contribution in [3.05, 3.63) is 0 Å². The van der Waals surface area contributed by atoms with Crippen molar-refractivity contribution in [3.8, 4) is 0 Å². The first kappa shape index (κ1) is 15.5. The summed E-state index contributed by atoms with van der Waals surface area (Å²) in [6, 6.07) is 0. The van der Waals surface area contributed by atoms with Crippen LogP contribution in [0, 0.1) is 17.3 Å². The molecule has 2 fully saturated rings. The largest absolute Gasteiger partial charge is 0.460 e. The molecule has 20 heavy (non-hydrogen) atoms. The zero-order valence-electron chi connectivity index (χ0n) is 13.2. The average Bonchev–Trinajstić information content (AvgIpc) is 2.78. The predicted molar refractivity (Wildman–Crippen MR) is 75.2 cm³/mol. The maximum atomic E-state index is 12.1. The summed E-state index contributed by atoms with van der Waals surface area (Å²) >= 11 is 0. The molecular weight excluding hydrogens is 256 g/mol. The molecule has 0 aromatic carbocycles. The number of Topliss-reactive ketones (excluding diaryl/α,β-unsaturated/α-hetero) is 1. The van der Waals surface area contributed by atoms with E-state index in [0.29, 0.717) is 13.0 Å². The first-order valence-electron chi connectivity index (χ1n) is 7.50. The third kappa shape index (κ3) is 2.76. The first-order chi connectivity index (χ1) is 9.16. The number of carbonyl (C=O) groups excluding carboxylic acids is 2. The van der Waals surface area contributed by atoms with Crippen molar-refractivity contribution in [1.29, 1.82) is 0 Å². The van der Waals surface area contributed by atoms with E-state index in [0.717, 1.165) is 12.8 Å². The number of esters is 1. The van der Waals surface area contributed by atoms with Gasteiger partial charge in [0.1, 0.15) is 11.4 Å². The van der Waals surface area contributed by atoms with Crippen molar-refractivity contribution in [2.75, 3.05) is 6.61 Å². The van der Waals surface area contributed by atoms with Crippen molar-refractivity contribution in [1.82, 2.24) is 0 Å². The molecule has 4 atom stereocenters. The zero-order chi connectivity index (χ0) is 15.1. The van der Waals surface area contributed by atoms with E-state index in [-0.39, 0.29) is 35.1 Å². The lowest BCUT2D eigenvalue weighted by atomic mass is 9.78. The van der Waals surface area contributed by atoms with Crippen LogP contribution in [-0.2, 0) is 19.1 Å². The summed E-state index contributed by atoms with van der Waals surface area (Å²) in [5, 5.41) is 0. The Morgan fingerprint density at radius 2 is 2.00 bits per heavy atom. The minimum absolute atomic E-state index is 0.0209. The number of hydrogen-bond donors (Lipinski definition) is 0. The molecule has 1 saturated heterocycles. The second kappa shape index (κ2) is 5.14. The molecule has 4 heteroatoms. The summed E-state index contributed by atoms with van der Waals surface area (Å²) in [5.74, 6) is 0.444. The Balaban J connectivity index is 2.05. The van der Waals surface area contributed by atoms with E-state index in [1.54, 1.807) is 6.92 Å². The second-order valence-electron chi connectivity index (χ2n) is 7.37. The summed E-state index contributed by atoms with van der Waals surface area (Å²) < 4.78 is 11.2. The van der Waals surface area contributed by atoms with E-state index in [4.69, 9.17) is 9.47 Å². The molecule has 1 aliphatic heterocycles. The molecule has 1 aliphatic carbocycles. The van der Waals surface area contributed by atoms with Crippen LogP contribution >= 0.6 is 0 Å². The predicted octanol–water partition coefficient (Wildman–Crippen LogP) is 2.74. The Morgan fingerprint density at radius 1 is 1.35 bits per heavy atom. The normalized spacial score (nSPS) is 36.8. The third-order valence-electron chi connectivity index (χ3n) is 4.79. The molecule has 0 unspecified atom stereocenters. The molecule has 2 rings (SSSR count). The molecule has 1 saturated carbocycles. The number of fused-ring (bicyclic) bond motifs is 1. The van der Waals surface area contributed by atoms with Crippen molar-refractivity contribution < 1.29 is 19.1 Å². The maximum absolute atomic E-state index is 12.1. The molecule has 0 aromatic rings. The molecular formula is C16H26O4. The van der Waals surface area contributed by atoms with Gasteiger partial charge < -0.3 is 9.47 Å². The minimum Gasteiger partial charge on any atom is -0.460 e. The molecule has 2 aliphatic rings. The molecule has 1 heterocycles. The SMILES string of the molecule is CC(=O)[C@@]12CCO[C@@H]1[C@@H](C)[C@@H](CC(=O)OC(C)(C)C)C2. The van der Waals surface area contributed by atoms with E-state index in [1.165, 1.54) is 0 Å². The Hall–Kier alpha value is -0.900. The average molecular weight is 282 g/mol. The second-order valence-corrected chi connectivity index (χ2v) is 7.37. The maximum Gasteiger partial charge on any atom is 0.306 e. The zero-order valence-corrected chi connectivity index (χ0v) is 13.2. The van der Waals surface area contributed by atoms with Crippen LogP contribution in [0.2, 0.25) is 0 Å². The van der Waals surface area contributed by atoms with E-state index < -0.39 is 5.60 Å². The van der Waals surface area contributed by atoms with Crippen LogP contribution in [0.1, 0.15) is 53.9 Å². The van der Waals surface area contributed by atoms with E-state index in [1.807, 2.05) is 20.8 Å². The Morgan fingerprint density at radius 3 is 2.50 bits per heavy atom. The van der Waals surface area contributed by atoms with E-state index in [9.17, 15) is 9.59 Å². The lowest BCUT2D eigenvalue weighted by Gasteiger charge is -2.25. The van der Waals surface area contributed by atoms with Gasteiger partial charge in [-0.25, -0.2) is 0 Å². The van der Waals surface area contributed by atoms with E-state index in [2.05, 4.69) is 6.92 Å². The Kier molecular flexibility index (Phi) is 3.98. The van der Waals surface area contributed by atoms with Crippen LogP contribution in [0.15, 0.2) is 0 Å². The number of hydrogen-bond acceptors (Lipinski definition) is 4. The fourth-order valence-corrected chi connectivity index (χ4v) is 3.82. The van der Waals surface area contributed by atoms with Gasteiger partial charge in [-0.2, -0.15) is 0 Å². The molecule has 0 N–H and O–H groups in total. The van der Waals surface area contributed by atoms with Gasteiger partial charge in [0.25, 0.3) is 0 Å². The van der Waals surface area contributed by atoms with Crippen molar-refractivity contribution in [2.45, 2.75) is 65.6 Å². The Labute approximate surface area is 121 Å². The van der Waals surface area contributed by atoms with Gasteiger partial charge in [0.15, 0.2) is 0 Å². The summed E-state index contributed by atoms with van der Waals surface area (Å²) in [5.41, 5.74) is -0.810. The lowest BCUT2D eigenvalue weighted by Crippen LogP contribution is -2.34. The monoisotopic (exact) mass is 282 g/mol. The fourth-order valence-electron chi connectivity index (χ4n) is 3.82. The highest BCUT2D eigenvalue weighted by molar-refractivity contribution is 5.84. The van der Waals surface area contributed by atoms with Crippen LogP contribution in [-0.4, -0.2) is 30.1 Å². The lowest BCUT2D eigenvalue weighted by molar-refractivity contribution is -0.156. The van der Waals surface area contributed by atoms with Crippen molar-refractivity contribution in [2.24, 2.45) is 17.3 Å². The van der Waals surface area contributed by atoms with Gasteiger partial charge in [-0.05, 0) is 52.4 Å². The van der Waals surface area contributed by atoms with Gasteiger partial charge in [-0.3, -0.25) is 9.59 Å². The standard InChI is InChI=1S/C16H26O4/c1-10-12(8-13(18)20-15(3,4)5)9-16(11(2)17)6-7-19-14(10)16/h10,12,14H,6-9H2,1-5H3/t10-,12-,14+,16-/m0/s1. The highest BCUT2D eigenvalue weighted by Crippen LogP contribution is 2.54. The highest BCUT2D eigenvalue weighted by Gasteiger charge is 2.58. The van der Waals surface area contributed by atoms with Crippen LogP contribution in [0.25, 0.3) is 0 Å². The fraction of sp³-hybridized carbons (Fsp3) is 0.875. The van der Waals surface area contributed by atoms with Gasteiger partial charge >= 0.3 is 5.97 Å². The molecule has 0 radical (unpaired) electrons. The highest BCUT2D eigenvalue weighted by atomic mass is 16.6. The smallest absolute Gasteiger partial charge is 0.306 e. The van der Waals surface area contributed by atoms with Crippen LogP contribution in [0.4, 0.5) is 0 Å². The van der Waals surface area contributed by atoms with Crippen molar-refractivity contribution in [3.63, 3.8) is 0 Å². The molecule has 0 amide bonds. The Bertz CT molecular complexity index is 409. The summed E-state index contributed by atoms with van der Waals surface area (Å²) in [7, 11) is 0. The summed E-state index contributed by atoms with van der Waals surface area (Å²) in [6.07, 6.45) is 1.91. The van der Waals surface area contributed by atoms with Crippen molar-refractivity contribution >= 4 is 11.8 Å². The van der Waals surface area contributed by atoms with Crippen LogP contribution in [0.3, 0.4) is 0 Å². The van der Waals surface area contributed by atoms with E-state index >= 15 is 0 Å². The van der Waals surface area contributed by atoms with Crippen LogP contribution in [0.5, 0.6) is 0 Å². The molecule has 4 nitrogen and oxygen atoms in total. The van der Waals surface area contributed by atoms with Gasteiger partial charge in [-0.15, -0.1) is 0 Å². The topological polar surface area (TPSA) is 52.6 Å². The first-order valence-corrected chi connectivity index (χ1v) is 7.50. The molecule has 0 aromatic heterocycles. The quantitative estimate of drug-likeness (QED) is 0.747. The number of ether oxygens (including phenoxy) is 2. The van der Waals surface area contributed by atoms with Gasteiger partial charge in [0.2, 0.25) is 0 Å². The number of ketones is 1. The third-order valence-corrected chi connectivity index (χ3v) is 4.79. The minimum atomic E-state index is -0.455. The summed E-state index contributed by atoms with van der Waals surface area (Å²) in [6.45, 7) is 10.0. The number of rotatable bonds is 3. The summed E-state index contributed by atoms with van der Waals surface area (Å²) in [4.78, 5) is 24.1. The van der Waals surface area contributed by atoms with Crippen LogP contribution < -0.4 is 0 Å². The number of carbonyl (C=O) groups is 2. The molecule has 114 valence electrons. The van der Waals surface area contributed by atoms with Gasteiger partial charge in [-0.1, -0.05) is 6.92 Å². The van der Waals surface area contributed by atoms with Gasteiger partial charge in [0.05, 0.1) is 11.5 Å². The molecule has 0 bridgehead atoms.